The van der Waals surface area contributed by atoms with Crippen molar-refractivity contribution in [2.24, 2.45) is 16.8 Å². The van der Waals surface area contributed by atoms with Crippen molar-refractivity contribution in [3.05, 3.63) is 88.5 Å². The van der Waals surface area contributed by atoms with Crippen molar-refractivity contribution in [2.75, 3.05) is 13.1 Å². The first-order valence-electron chi connectivity index (χ1n) is 16.0. The smallest absolute Gasteiger partial charge is 0.161 e. The summed E-state index contributed by atoms with van der Waals surface area (Å²) in [7, 11) is 0. The summed E-state index contributed by atoms with van der Waals surface area (Å²) in [5, 5.41) is 0. The van der Waals surface area contributed by atoms with Gasteiger partial charge in [0.15, 0.2) is 5.78 Å². The molecule has 3 heteroatoms. The molecule has 0 bridgehead atoms. The van der Waals surface area contributed by atoms with Crippen LogP contribution < -0.4 is 0 Å². The summed E-state index contributed by atoms with van der Waals surface area (Å²) in [6, 6.07) is 16.4. The monoisotopic (exact) mass is 546 g/mol. The molecule has 0 aromatic heterocycles. The van der Waals surface area contributed by atoms with Crippen molar-refractivity contribution in [1.29, 1.82) is 0 Å². The molecule has 1 fully saturated rings. The van der Waals surface area contributed by atoms with Crippen LogP contribution >= 0.6 is 0 Å². The SMILES string of the molecule is CC(C)C1=CCCC[C@](C)(c2ccc(-c3ccc4c(c3)C(N3CC/C=C(\C(=O)C5CC5)CCC3)=CC=NC4)cc2)C1. The maximum Gasteiger partial charge on any atom is 0.161 e. The molecule has 2 aromatic carbocycles. The van der Waals surface area contributed by atoms with Crippen LogP contribution in [0.5, 0.6) is 0 Å². The van der Waals surface area contributed by atoms with Gasteiger partial charge in [-0.25, -0.2) is 0 Å². The van der Waals surface area contributed by atoms with Gasteiger partial charge in [-0.3, -0.25) is 9.79 Å². The highest BCUT2D eigenvalue weighted by molar-refractivity contribution is 5.98. The van der Waals surface area contributed by atoms with Crippen LogP contribution in [0.1, 0.15) is 95.2 Å². The summed E-state index contributed by atoms with van der Waals surface area (Å²) in [5.41, 5.74) is 10.8. The zero-order valence-corrected chi connectivity index (χ0v) is 25.3. The van der Waals surface area contributed by atoms with Crippen LogP contribution in [0, 0.1) is 11.8 Å². The van der Waals surface area contributed by atoms with Gasteiger partial charge in [-0.2, -0.15) is 0 Å². The lowest BCUT2D eigenvalue weighted by Crippen LogP contribution is -2.27. The number of ketones is 1. The molecule has 0 saturated heterocycles. The highest BCUT2D eigenvalue weighted by Crippen LogP contribution is 2.41. The molecule has 0 unspecified atom stereocenters. The van der Waals surface area contributed by atoms with E-state index in [2.05, 4.69) is 91.4 Å². The molecular weight excluding hydrogens is 500 g/mol. The molecule has 3 nitrogen and oxygen atoms in total. The second-order valence-corrected chi connectivity index (χ2v) is 13.3. The van der Waals surface area contributed by atoms with Gasteiger partial charge < -0.3 is 4.90 Å². The van der Waals surface area contributed by atoms with Gasteiger partial charge in [0, 0.05) is 36.5 Å². The topological polar surface area (TPSA) is 32.7 Å². The summed E-state index contributed by atoms with van der Waals surface area (Å²) in [6.45, 7) is 9.76. The van der Waals surface area contributed by atoms with E-state index in [9.17, 15) is 4.79 Å². The molecular formula is C38H46N2O. The van der Waals surface area contributed by atoms with E-state index in [1.54, 1.807) is 5.57 Å². The Morgan fingerprint density at radius 1 is 0.976 bits per heavy atom. The summed E-state index contributed by atoms with van der Waals surface area (Å²) in [6.07, 6.45) is 18.8. The molecule has 1 atom stereocenters. The molecule has 1 saturated carbocycles. The summed E-state index contributed by atoms with van der Waals surface area (Å²) >= 11 is 0. The van der Waals surface area contributed by atoms with Crippen LogP contribution in [-0.4, -0.2) is 30.0 Å². The van der Waals surface area contributed by atoms with Gasteiger partial charge in [0.25, 0.3) is 0 Å². The third-order valence-corrected chi connectivity index (χ3v) is 9.84. The van der Waals surface area contributed by atoms with E-state index in [1.807, 2.05) is 6.21 Å². The fraction of sp³-hybridized carbons (Fsp3) is 0.474. The highest BCUT2D eigenvalue weighted by atomic mass is 16.1. The number of allylic oxidation sites excluding steroid dienone is 4. The van der Waals surface area contributed by atoms with Crippen LogP contribution in [0.15, 0.2) is 76.8 Å². The molecule has 214 valence electrons. The average molecular weight is 547 g/mol. The Bertz CT molecular complexity index is 1400. The van der Waals surface area contributed by atoms with Crippen molar-refractivity contribution in [3.63, 3.8) is 0 Å². The zero-order valence-electron chi connectivity index (χ0n) is 25.3. The number of carbonyl (C=O) groups excluding carboxylic acids is 1. The van der Waals surface area contributed by atoms with Gasteiger partial charge in [0.1, 0.15) is 0 Å². The first-order valence-corrected chi connectivity index (χ1v) is 16.0. The van der Waals surface area contributed by atoms with E-state index < -0.39 is 0 Å². The molecule has 2 aliphatic heterocycles. The Balaban J connectivity index is 1.23. The number of hydrogen-bond acceptors (Lipinski definition) is 3. The second kappa shape index (κ2) is 12.0. The maximum atomic E-state index is 12.7. The molecule has 0 amide bonds. The van der Waals surface area contributed by atoms with E-state index in [-0.39, 0.29) is 5.41 Å². The lowest BCUT2D eigenvalue weighted by molar-refractivity contribution is -0.116. The number of Topliss-reactive ketones (excluding diaryl/α,β-unsaturated/α-hetero) is 1. The van der Waals surface area contributed by atoms with Gasteiger partial charge >= 0.3 is 0 Å². The minimum Gasteiger partial charge on any atom is -0.371 e. The normalized spacial score (nSPS) is 24.7. The van der Waals surface area contributed by atoms with E-state index in [0.717, 1.165) is 57.2 Å². The lowest BCUT2D eigenvalue weighted by atomic mass is 9.73. The van der Waals surface area contributed by atoms with Gasteiger partial charge in [-0.15, -0.1) is 0 Å². The second-order valence-electron chi connectivity index (χ2n) is 13.3. The van der Waals surface area contributed by atoms with Crippen molar-refractivity contribution in [1.82, 2.24) is 4.90 Å². The highest BCUT2D eigenvalue weighted by Gasteiger charge is 2.32. The number of rotatable bonds is 6. The quantitative estimate of drug-likeness (QED) is 0.339. The average Bonchev–Trinajstić information content (AvgIpc) is 3.82. The van der Waals surface area contributed by atoms with Crippen LogP contribution in [-0.2, 0) is 16.8 Å². The number of carbonyl (C=O) groups is 1. The van der Waals surface area contributed by atoms with E-state index in [0.29, 0.717) is 24.2 Å². The predicted molar refractivity (Wildman–Crippen MR) is 172 cm³/mol. The van der Waals surface area contributed by atoms with Crippen molar-refractivity contribution in [3.8, 4) is 11.1 Å². The molecule has 0 N–H and O–H groups in total. The number of aliphatic imine (C=N–C) groups is 1. The minimum atomic E-state index is 0.204. The molecule has 2 heterocycles. The summed E-state index contributed by atoms with van der Waals surface area (Å²) < 4.78 is 0. The molecule has 41 heavy (non-hydrogen) atoms. The van der Waals surface area contributed by atoms with Crippen LogP contribution in [0.25, 0.3) is 16.8 Å². The Morgan fingerprint density at radius 2 is 1.78 bits per heavy atom. The van der Waals surface area contributed by atoms with Gasteiger partial charge in [0.2, 0.25) is 0 Å². The third-order valence-electron chi connectivity index (χ3n) is 9.84. The van der Waals surface area contributed by atoms with Gasteiger partial charge in [0.05, 0.1) is 6.54 Å². The Hall–Kier alpha value is -3.20. The number of benzene rings is 2. The fourth-order valence-electron chi connectivity index (χ4n) is 7.06. The standard InChI is InChI=1S/C38H46N2O/c1-27(2)32-8-4-5-20-38(3,25-32)34-17-15-28(16-18-34)31-13-14-33-26-39-21-19-36(35(33)24-31)40-22-6-9-29(10-7-23-40)37(41)30-11-12-30/h8-9,13-19,21,24,27,30H,4-7,10-12,20,22-23,25-26H2,1-3H3/b29-9-/t38-/m0/s1. The largest absolute Gasteiger partial charge is 0.371 e. The van der Waals surface area contributed by atoms with Gasteiger partial charge in [-0.1, -0.05) is 74.9 Å². The minimum absolute atomic E-state index is 0.204. The van der Waals surface area contributed by atoms with Crippen LogP contribution in [0.2, 0.25) is 0 Å². The van der Waals surface area contributed by atoms with Crippen molar-refractivity contribution >= 4 is 17.7 Å². The Labute approximate surface area is 247 Å². The first kappa shape index (κ1) is 27.9. The fourth-order valence-corrected chi connectivity index (χ4v) is 7.06. The maximum absolute atomic E-state index is 12.7. The van der Waals surface area contributed by atoms with E-state index in [1.165, 1.54) is 52.8 Å². The van der Waals surface area contributed by atoms with Gasteiger partial charge in [-0.05, 0) is 109 Å². The Morgan fingerprint density at radius 3 is 2.56 bits per heavy atom. The predicted octanol–water partition coefficient (Wildman–Crippen LogP) is 9.08. The third kappa shape index (κ3) is 6.20. The van der Waals surface area contributed by atoms with E-state index >= 15 is 0 Å². The number of hydrogen-bond donors (Lipinski definition) is 0. The molecule has 0 radical (unpaired) electrons. The van der Waals surface area contributed by atoms with Crippen LogP contribution in [0.4, 0.5) is 0 Å². The molecule has 4 aliphatic rings. The lowest BCUT2D eigenvalue weighted by Gasteiger charge is -2.31. The van der Waals surface area contributed by atoms with Crippen molar-refractivity contribution < 1.29 is 4.79 Å². The summed E-state index contributed by atoms with van der Waals surface area (Å²) in [4.78, 5) is 19.9. The molecule has 0 spiro atoms. The first-order chi connectivity index (χ1) is 19.9. The number of fused-ring (bicyclic) bond motifs is 1. The molecule has 2 aromatic rings. The summed E-state index contributed by atoms with van der Waals surface area (Å²) in [5.74, 6) is 1.36. The van der Waals surface area contributed by atoms with Crippen molar-refractivity contribution in [2.45, 2.75) is 90.5 Å². The molecule has 6 rings (SSSR count). The number of nitrogens with zero attached hydrogens (tertiary/aromatic N) is 2. The Kier molecular flexibility index (Phi) is 8.15. The van der Waals surface area contributed by atoms with Crippen LogP contribution in [0.3, 0.4) is 0 Å². The van der Waals surface area contributed by atoms with E-state index in [4.69, 9.17) is 0 Å². The zero-order chi connectivity index (χ0) is 28.4. The molecule has 2 aliphatic carbocycles.